The molecule has 1 atom stereocenters. The average molecular weight is 629 g/mol. The highest BCUT2D eigenvalue weighted by molar-refractivity contribution is 9.10. The smallest absolute Gasteiger partial charge is 0.344 e. The minimum atomic E-state index is -3.99. The predicted molar refractivity (Wildman–Crippen MR) is 155 cm³/mol. The minimum Gasteiger partial charge on any atom is -0.479 e. The van der Waals surface area contributed by atoms with Gasteiger partial charge in [0.1, 0.15) is 6.04 Å². The Morgan fingerprint density at radius 1 is 0.950 bits per heavy atom. The molecule has 4 rings (SSSR count). The Labute approximate surface area is 241 Å². The van der Waals surface area contributed by atoms with E-state index >= 15 is 0 Å². The molecule has 0 aliphatic rings. The van der Waals surface area contributed by atoms with Crippen molar-refractivity contribution in [3.8, 4) is 0 Å². The lowest BCUT2D eigenvalue weighted by molar-refractivity contribution is -0.142. The van der Waals surface area contributed by atoms with Crippen LogP contribution in [0.25, 0.3) is 10.9 Å². The number of carbonyl (C=O) groups is 2. The summed E-state index contributed by atoms with van der Waals surface area (Å²) in [5, 5.41) is 12.6. The maximum Gasteiger partial charge on any atom is 0.344 e. The molecule has 9 nitrogen and oxygen atoms in total. The number of rotatable bonds is 14. The highest BCUT2D eigenvalue weighted by atomic mass is 79.9. The van der Waals surface area contributed by atoms with Crippen LogP contribution in [-0.4, -0.2) is 49.3 Å². The van der Waals surface area contributed by atoms with Crippen LogP contribution in [0.1, 0.15) is 24.0 Å². The van der Waals surface area contributed by atoms with Crippen molar-refractivity contribution < 1.29 is 28.0 Å². The van der Waals surface area contributed by atoms with E-state index in [1.807, 2.05) is 18.2 Å². The molecule has 1 amide bonds. The number of carboxylic acid groups (broad SMARTS) is 1. The first-order valence-corrected chi connectivity index (χ1v) is 15.0. The van der Waals surface area contributed by atoms with Gasteiger partial charge in [-0.05, 0) is 70.9 Å². The summed E-state index contributed by atoms with van der Waals surface area (Å²) in [6.07, 6.45) is 4.15. The van der Waals surface area contributed by atoms with Crippen molar-refractivity contribution in [3.05, 3.63) is 101 Å². The number of unbranched alkanes of at least 4 members (excludes halogenated alkanes) is 1. The van der Waals surface area contributed by atoms with E-state index in [1.165, 1.54) is 22.4 Å². The first-order chi connectivity index (χ1) is 19.2. The molecule has 0 aliphatic carbocycles. The van der Waals surface area contributed by atoms with Crippen molar-refractivity contribution in [3.63, 3.8) is 0 Å². The molecule has 11 heteroatoms. The van der Waals surface area contributed by atoms with Gasteiger partial charge in [0.15, 0.2) is 0 Å². The number of nitrogens with zero attached hydrogens (tertiary/aromatic N) is 1. The number of benzene rings is 3. The van der Waals surface area contributed by atoms with E-state index in [-0.39, 0.29) is 11.3 Å². The summed E-state index contributed by atoms with van der Waals surface area (Å²) in [5.74, 6) is -1.56. The molecule has 3 N–H and O–H groups in total. The highest BCUT2D eigenvalue weighted by Crippen LogP contribution is 2.30. The molecule has 0 saturated heterocycles. The second-order valence-corrected chi connectivity index (χ2v) is 11.8. The molecular weight excluding hydrogens is 598 g/mol. The number of sulfonamides is 1. The van der Waals surface area contributed by atoms with Gasteiger partial charge in [-0.1, -0.05) is 60.7 Å². The molecule has 0 spiro atoms. The first-order valence-electron chi connectivity index (χ1n) is 12.8. The molecule has 3 aromatic carbocycles. The molecule has 0 aliphatic heterocycles. The zero-order valence-electron chi connectivity index (χ0n) is 21.6. The Hall–Kier alpha value is -3.67. The lowest BCUT2D eigenvalue weighted by Crippen LogP contribution is -2.48. The molecule has 40 heavy (non-hydrogen) atoms. The van der Waals surface area contributed by atoms with Crippen molar-refractivity contribution in [2.75, 3.05) is 13.2 Å². The lowest BCUT2D eigenvalue weighted by Gasteiger charge is -2.19. The number of hydrogen-bond acceptors (Lipinski definition) is 5. The van der Waals surface area contributed by atoms with Crippen LogP contribution < -0.4 is 14.9 Å². The molecule has 1 aromatic heterocycles. The maximum atomic E-state index is 13.3. The summed E-state index contributed by atoms with van der Waals surface area (Å²) in [5.41, 5.74) is 2.49. The van der Waals surface area contributed by atoms with Gasteiger partial charge in [-0.25, -0.2) is 13.2 Å². The largest absolute Gasteiger partial charge is 0.479 e. The Bertz CT molecular complexity index is 1560. The van der Waals surface area contributed by atoms with Gasteiger partial charge in [-0.15, -0.1) is 0 Å². The number of aliphatic carboxylic acids is 1. The molecule has 0 radical (unpaired) electrons. The summed E-state index contributed by atoms with van der Waals surface area (Å²) in [6, 6.07) is 22.2. The Balaban J connectivity index is 1.52. The third-order valence-corrected chi connectivity index (χ3v) is 8.38. The number of hydrogen-bond donors (Lipinski definition) is 3. The number of carbonyl (C=O) groups excluding carboxylic acids is 1. The first kappa shape index (κ1) is 29.3. The van der Waals surface area contributed by atoms with E-state index in [4.69, 9.17) is 9.94 Å². The fourth-order valence-electron chi connectivity index (χ4n) is 4.38. The van der Waals surface area contributed by atoms with Gasteiger partial charge in [0, 0.05) is 16.4 Å². The van der Waals surface area contributed by atoms with Crippen LogP contribution in [0.4, 0.5) is 0 Å². The van der Waals surface area contributed by atoms with Crippen LogP contribution in [0, 0.1) is 0 Å². The quantitative estimate of drug-likeness (QED) is 0.182. The minimum absolute atomic E-state index is 0.0563. The Morgan fingerprint density at radius 3 is 2.35 bits per heavy atom. The van der Waals surface area contributed by atoms with E-state index < -0.39 is 34.5 Å². The van der Waals surface area contributed by atoms with Gasteiger partial charge in [0.2, 0.25) is 22.5 Å². The fourth-order valence-corrected chi connectivity index (χ4v) is 6.24. The second-order valence-electron chi connectivity index (χ2n) is 9.21. The zero-order chi connectivity index (χ0) is 28.5. The average Bonchev–Trinajstić information content (AvgIpc) is 3.28. The number of aryl methyl sites for hydroxylation is 1. The van der Waals surface area contributed by atoms with Crippen LogP contribution >= 0.6 is 15.9 Å². The number of carboxylic acids is 1. The molecule has 4 aromatic rings. The van der Waals surface area contributed by atoms with Gasteiger partial charge in [-0.3, -0.25) is 4.79 Å². The van der Waals surface area contributed by atoms with Gasteiger partial charge in [0.25, 0.3) is 0 Å². The lowest BCUT2D eigenvalue weighted by atomic mass is 10.0. The van der Waals surface area contributed by atoms with Gasteiger partial charge < -0.3 is 15.3 Å². The van der Waals surface area contributed by atoms with Crippen LogP contribution in [-0.2, 0) is 32.5 Å². The maximum absolute atomic E-state index is 13.3. The van der Waals surface area contributed by atoms with Crippen LogP contribution in [0.5, 0.6) is 0 Å². The fraction of sp³-hybridized carbons (Fsp3) is 0.241. The standard InChI is InChI=1S/C29H30BrN3O6S/c30-24-19-33(39-20-27(34)35)26-16-9-13-22(28(24)26)18-25(32-40(37,38)23-14-5-2-6-15-23)29(36)31-17-8-7-12-21-10-3-1-4-11-21/h1-6,9-11,13-16,19,25,32H,7-8,12,17-18,20H2,(H,31,36)(H,34,35). The highest BCUT2D eigenvalue weighted by Gasteiger charge is 2.27. The van der Waals surface area contributed by atoms with Crippen molar-refractivity contribution >= 4 is 48.7 Å². The molecule has 0 saturated carbocycles. The molecule has 0 fully saturated rings. The number of amides is 1. The van der Waals surface area contributed by atoms with E-state index in [2.05, 4.69) is 38.1 Å². The van der Waals surface area contributed by atoms with Crippen LogP contribution in [0.3, 0.4) is 0 Å². The SMILES string of the molecule is O=C(O)COn1cc(Br)c2c(CC(NS(=O)(=O)c3ccccc3)C(=O)NCCCCc3ccccc3)cccc21. The molecular formula is C29H30BrN3O6S. The van der Waals surface area contributed by atoms with Crippen molar-refractivity contribution in [2.24, 2.45) is 0 Å². The van der Waals surface area contributed by atoms with E-state index in [0.29, 0.717) is 27.5 Å². The van der Waals surface area contributed by atoms with Crippen molar-refractivity contribution in [1.82, 2.24) is 14.8 Å². The summed E-state index contributed by atoms with van der Waals surface area (Å²) >= 11 is 3.49. The summed E-state index contributed by atoms with van der Waals surface area (Å²) in [7, 11) is -3.99. The van der Waals surface area contributed by atoms with Gasteiger partial charge in [0.05, 0.1) is 16.6 Å². The number of nitrogens with one attached hydrogen (secondary N) is 2. The number of aromatic nitrogens is 1. The third-order valence-electron chi connectivity index (χ3n) is 6.29. The van der Waals surface area contributed by atoms with Gasteiger partial charge >= 0.3 is 5.97 Å². The number of fused-ring (bicyclic) bond motifs is 1. The molecule has 1 unspecified atom stereocenters. The molecule has 0 bridgehead atoms. The summed E-state index contributed by atoms with van der Waals surface area (Å²) < 4.78 is 30.9. The zero-order valence-corrected chi connectivity index (χ0v) is 24.0. The summed E-state index contributed by atoms with van der Waals surface area (Å²) in [6.45, 7) is -0.130. The van der Waals surface area contributed by atoms with Crippen molar-refractivity contribution in [2.45, 2.75) is 36.6 Å². The van der Waals surface area contributed by atoms with E-state index in [1.54, 1.807) is 42.6 Å². The Kier molecular flexibility index (Phi) is 9.97. The monoisotopic (exact) mass is 627 g/mol. The van der Waals surface area contributed by atoms with E-state index in [0.717, 1.165) is 19.3 Å². The molecule has 210 valence electrons. The van der Waals surface area contributed by atoms with E-state index in [9.17, 15) is 18.0 Å². The number of halogens is 1. The van der Waals surface area contributed by atoms with Crippen LogP contribution in [0.15, 0.2) is 94.4 Å². The second kappa shape index (κ2) is 13.6. The third kappa shape index (κ3) is 7.71. The van der Waals surface area contributed by atoms with Gasteiger partial charge in [-0.2, -0.15) is 9.45 Å². The molecule has 1 heterocycles. The topological polar surface area (TPSA) is 127 Å². The van der Waals surface area contributed by atoms with Crippen molar-refractivity contribution in [1.29, 1.82) is 0 Å². The summed E-state index contributed by atoms with van der Waals surface area (Å²) in [4.78, 5) is 29.8. The predicted octanol–water partition coefficient (Wildman–Crippen LogP) is 3.95. The van der Waals surface area contributed by atoms with Crippen LogP contribution in [0.2, 0.25) is 0 Å². The Morgan fingerprint density at radius 2 is 1.65 bits per heavy atom. The normalized spacial score (nSPS) is 12.2.